The first-order valence-electron chi connectivity index (χ1n) is 11.7. The Hall–Kier alpha value is -2.82. The van der Waals surface area contributed by atoms with Crippen molar-refractivity contribution in [3.8, 4) is 5.75 Å². The number of likely N-dealkylation sites (tertiary alicyclic amines) is 1. The second-order valence-electron chi connectivity index (χ2n) is 9.21. The molecule has 2 atom stereocenters. The van der Waals surface area contributed by atoms with Gasteiger partial charge >= 0.3 is 0 Å². The van der Waals surface area contributed by atoms with Crippen molar-refractivity contribution in [2.45, 2.75) is 36.2 Å². The third-order valence-corrected chi connectivity index (χ3v) is 8.14. The number of benzene rings is 2. The zero-order valence-electron chi connectivity index (χ0n) is 19.5. The summed E-state index contributed by atoms with van der Waals surface area (Å²) in [6.45, 7) is 1.96. The summed E-state index contributed by atoms with van der Waals surface area (Å²) < 4.78 is 62.9. The lowest BCUT2D eigenvalue weighted by molar-refractivity contribution is 0.106. The Balaban J connectivity index is 1.30. The van der Waals surface area contributed by atoms with Crippen molar-refractivity contribution in [2.24, 2.45) is 7.05 Å². The Bertz CT molecular complexity index is 1320. The Labute approximate surface area is 203 Å². The average Bonchev–Trinajstić information content (AvgIpc) is 3.35. The van der Waals surface area contributed by atoms with Crippen LogP contribution in [-0.2, 0) is 29.9 Å². The number of hydrogen-bond acceptors (Lipinski definition) is 5. The molecule has 1 aliphatic heterocycles. The van der Waals surface area contributed by atoms with Crippen molar-refractivity contribution in [2.75, 3.05) is 26.2 Å². The number of fused-ring (bicyclic) bond motifs is 1. The molecule has 0 amide bonds. The van der Waals surface area contributed by atoms with Crippen LogP contribution >= 0.6 is 0 Å². The molecule has 7 nitrogen and oxygen atoms in total. The van der Waals surface area contributed by atoms with Gasteiger partial charge in [0.05, 0.1) is 6.33 Å². The maximum absolute atomic E-state index is 14.9. The molecule has 2 unspecified atom stereocenters. The molecule has 2 heterocycles. The normalized spacial score (nSPS) is 20.0. The first-order valence-corrected chi connectivity index (χ1v) is 13.2. The van der Waals surface area contributed by atoms with Gasteiger partial charge in [-0.3, -0.25) is 4.90 Å². The molecule has 0 radical (unpaired) electrons. The molecule has 1 aliphatic carbocycles. The van der Waals surface area contributed by atoms with Gasteiger partial charge < -0.3 is 9.30 Å². The van der Waals surface area contributed by atoms with Gasteiger partial charge in [0, 0.05) is 31.7 Å². The summed E-state index contributed by atoms with van der Waals surface area (Å²) in [4.78, 5) is 6.25. The average molecular weight is 503 g/mol. The Morgan fingerprint density at radius 3 is 2.71 bits per heavy atom. The zero-order valence-corrected chi connectivity index (χ0v) is 20.3. The molecule has 0 saturated carbocycles. The van der Waals surface area contributed by atoms with Crippen LogP contribution in [0.4, 0.5) is 8.78 Å². The minimum Gasteiger partial charge on any atom is -0.489 e. The maximum Gasteiger partial charge on any atom is 0.259 e. The fourth-order valence-electron chi connectivity index (χ4n) is 4.98. The van der Waals surface area contributed by atoms with Crippen molar-refractivity contribution in [3.63, 3.8) is 0 Å². The van der Waals surface area contributed by atoms with Crippen molar-refractivity contribution in [3.05, 3.63) is 77.2 Å². The number of sulfonamides is 1. The fraction of sp³-hybridized carbons (Fsp3) is 0.400. The third kappa shape index (κ3) is 5.10. The minimum atomic E-state index is -3.77. The predicted octanol–water partition coefficient (Wildman–Crippen LogP) is 3.01. The van der Waals surface area contributed by atoms with Crippen LogP contribution in [0.2, 0.25) is 0 Å². The first kappa shape index (κ1) is 23.9. The number of nitrogens with one attached hydrogen (secondary N) is 1. The largest absolute Gasteiger partial charge is 0.489 e. The summed E-state index contributed by atoms with van der Waals surface area (Å²) in [5, 5.41) is -0.0825. The topological polar surface area (TPSA) is 76.5 Å². The van der Waals surface area contributed by atoms with Gasteiger partial charge in [0.25, 0.3) is 10.0 Å². The number of hydrogen-bond donors (Lipinski definition) is 1. The molecule has 1 N–H and O–H groups in total. The van der Waals surface area contributed by atoms with Crippen LogP contribution in [0.15, 0.2) is 53.9 Å². The number of rotatable bonds is 9. The summed E-state index contributed by atoms with van der Waals surface area (Å²) in [6.07, 6.45) is 5.35. The molecule has 1 saturated heterocycles. The lowest BCUT2D eigenvalue weighted by Crippen LogP contribution is -2.47. The van der Waals surface area contributed by atoms with Gasteiger partial charge in [-0.2, -0.15) is 0 Å². The van der Waals surface area contributed by atoms with E-state index in [0.29, 0.717) is 6.42 Å². The van der Waals surface area contributed by atoms with Crippen LogP contribution in [-0.4, -0.2) is 55.2 Å². The predicted molar refractivity (Wildman–Crippen MR) is 127 cm³/mol. The summed E-state index contributed by atoms with van der Waals surface area (Å²) in [6, 6.07) is 10.1. The molecule has 1 aromatic heterocycles. The summed E-state index contributed by atoms with van der Waals surface area (Å²) in [5.41, 5.74) is 2.87. The molecule has 0 spiro atoms. The van der Waals surface area contributed by atoms with Crippen LogP contribution < -0.4 is 9.46 Å². The van der Waals surface area contributed by atoms with Gasteiger partial charge in [-0.1, -0.05) is 12.1 Å². The lowest BCUT2D eigenvalue weighted by Gasteiger charge is -2.39. The van der Waals surface area contributed by atoms with E-state index in [1.807, 2.05) is 6.07 Å². The van der Waals surface area contributed by atoms with Crippen LogP contribution in [0.25, 0.3) is 0 Å². The van der Waals surface area contributed by atoms with E-state index in [4.69, 9.17) is 4.74 Å². The number of aryl methyl sites for hydroxylation is 1. The monoisotopic (exact) mass is 502 g/mol. The van der Waals surface area contributed by atoms with Gasteiger partial charge in [-0.15, -0.1) is 0 Å². The molecule has 2 aliphatic rings. The fourth-order valence-corrected chi connectivity index (χ4v) is 5.97. The van der Waals surface area contributed by atoms with Crippen molar-refractivity contribution >= 4 is 10.0 Å². The molecule has 5 rings (SSSR count). The molecule has 0 bridgehead atoms. The van der Waals surface area contributed by atoms with E-state index in [0.717, 1.165) is 42.6 Å². The van der Waals surface area contributed by atoms with E-state index in [1.54, 1.807) is 29.8 Å². The smallest absolute Gasteiger partial charge is 0.259 e. The Morgan fingerprint density at radius 2 is 2.03 bits per heavy atom. The van der Waals surface area contributed by atoms with Crippen molar-refractivity contribution in [1.82, 2.24) is 19.2 Å². The molecule has 3 aromatic rings. The maximum atomic E-state index is 14.9. The molecule has 35 heavy (non-hydrogen) atoms. The van der Waals surface area contributed by atoms with Gasteiger partial charge in [0.1, 0.15) is 12.4 Å². The highest BCUT2D eigenvalue weighted by atomic mass is 32.2. The van der Waals surface area contributed by atoms with E-state index in [-0.39, 0.29) is 41.7 Å². The minimum absolute atomic E-state index is 0.0292. The van der Waals surface area contributed by atoms with Crippen LogP contribution in [0.3, 0.4) is 0 Å². The second-order valence-corrected chi connectivity index (χ2v) is 10.9. The molecular formula is C25H28F2N4O3S. The van der Waals surface area contributed by atoms with E-state index in [1.165, 1.54) is 24.7 Å². The number of halogens is 2. The van der Waals surface area contributed by atoms with Gasteiger partial charge in [0.15, 0.2) is 16.6 Å². The Kier molecular flexibility index (Phi) is 6.61. The Morgan fingerprint density at radius 1 is 1.20 bits per heavy atom. The number of ether oxygens (including phenoxy) is 1. The number of aromatic nitrogens is 2. The van der Waals surface area contributed by atoms with Gasteiger partial charge in [-0.25, -0.2) is 26.9 Å². The highest BCUT2D eigenvalue weighted by Gasteiger charge is 2.39. The summed E-state index contributed by atoms with van der Waals surface area (Å²) >= 11 is 0. The summed E-state index contributed by atoms with van der Waals surface area (Å²) in [5.74, 6) is -0.547. The highest BCUT2D eigenvalue weighted by molar-refractivity contribution is 7.89. The van der Waals surface area contributed by atoms with Crippen LogP contribution in [0.5, 0.6) is 5.75 Å². The standard InChI is InChI=1S/C25H28F2N4O3S/c1-30-15-25(28-16-30)35(32,33)29-6-9-34-24-14-20-18(12-22(24)27)13-23(31-7-3-8-31)21(20)11-17-4-2-5-19(26)10-17/h2,4-5,10,12,14-16,21,23,29H,3,6-9,11,13H2,1H3. The molecule has 1 fully saturated rings. The van der Waals surface area contributed by atoms with E-state index in [9.17, 15) is 17.2 Å². The van der Waals surface area contributed by atoms with E-state index < -0.39 is 15.8 Å². The van der Waals surface area contributed by atoms with E-state index >= 15 is 0 Å². The molecule has 186 valence electrons. The zero-order chi connectivity index (χ0) is 24.6. The molecule has 10 heteroatoms. The number of nitrogens with zero attached hydrogens (tertiary/aromatic N) is 3. The quantitative estimate of drug-likeness (QED) is 0.456. The van der Waals surface area contributed by atoms with Gasteiger partial charge in [-0.05, 0) is 73.3 Å². The second kappa shape index (κ2) is 9.67. The van der Waals surface area contributed by atoms with Crippen molar-refractivity contribution in [1.29, 1.82) is 0 Å². The summed E-state index contributed by atoms with van der Waals surface area (Å²) in [7, 11) is -2.09. The van der Waals surface area contributed by atoms with Crippen molar-refractivity contribution < 1.29 is 21.9 Å². The third-order valence-electron chi connectivity index (χ3n) is 6.80. The van der Waals surface area contributed by atoms with Gasteiger partial charge in [0.2, 0.25) is 0 Å². The highest BCUT2D eigenvalue weighted by Crippen LogP contribution is 2.42. The molecule has 2 aromatic carbocycles. The number of imidazole rings is 1. The SMILES string of the molecule is Cn1cnc(S(=O)(=O)NCCOc2cc3c(cc2F)CC(N2CCC2)C3Cc2cccc(F)c2)c1. The van der Waals surface area contributed by atoms with Crippen LogP contribution in [0.1, 0.15) is 29.0 Å². The lowest BCUT2D eigenvalue weighted by atomic mass is 9.89. The molecular weight excluding hydrogens is 474 g/mol. The van der Waals surface area contributed by atoms with E-state index in [2.05, 4.69) is 14.6 Å². The van der Waals surface area contributed by atoms with Crippen LogP contribution in [0, 0.1) is 11.6 Å². The first-order chi connectivity index (χ1) is 16.8.